The van der Waals surface area contributed by atoms with Gasteiger partial charge < -0.3 is 9.84 Å². The van der Waals surface area contributed by atoms with Gasteiger partial charge in [0.2, 0.25) is 0 Å². The van der Waals surface area contributed by atoms with Gasteiger partial charge in [-0.3, -0.25) is 0 Å². The molecule has 0 radical (unpaired) electrons. The maximum absolute atomic E-state index is 12.5. The van der Waals surface area contributed by atoms with Gasteiger partial charge in [-0.15, -0.1) is 0 Å². The van der Waals surface area contributed by atoms with Gasteiger partial charge in [-0.2, -0.15) is 13.2 Å². The molecule has 0 aliphatic carbocycles. The summed E-state index contributed by atoms with van der Waals surface area (Å²) < 4.78 is 43.1. The second kappa shape index (κ2) is 5.13. The Hall–Kier alpha value is -1.69. The highest BCUT2D eigenvalue weighted by Crippen LogP contribution is 2.36. The Labute approximate surface area is 115 Å². The summed E-state index contributed by atoms with van der Waals surface area (Å²) in [7, 11) is 0. The molecule has 0 spiro atoms. The van der Waals surface area contributed by atoms with E-state index in [0.717, 1.165) is 12.1 Å². The molecule has 6 heteroatoms. The van der Waals surface area contributed by atoms with Gasteiger partial charge in [-0.25, -0.2) is 0 Å². The van der Waals surface area contributed by atoms with Crippen LogP contribution in [0.4, 0.5) is 13.2 Å². The molecule has 0 unspecified atom stereocenters. The number of halogens is 4. The van der Waals surface area contributed by atoms with Gasteiger partial charge in [0.05, 0.1) is 10.0 Å². The Bertz CT molecular complexity index is 579. The fourth-order valence-electron chi connectivity index (χ4n) is 1.40. The van der Waals surface area contributed by atoms with E-state index in [-0.39, 0.29) is 16.0 Å². The van der Waals surface area contributed by atoms with Crippen LogP contribution in [0.5, 0.6) is 17.2 Å². The minimum atomic E-state index is -4.39. The van der Waals surface area contributed by atoms with Crippen molar-refractivity contribution in [3.63, 3.8) is 0 Å². The second-order valence-corrected chi connectivity index (χ2v) is 4.59. The van der Waals surface area contributed by atoms with Crippen molar-refractivity contribution in [3.05, 3.63) is 52.5 Å². The molecule has 2 aromatic rings. The summed E-state index contributed by atoms with van der Waals surface area (Å²) in [4.78, 5) is 0. The first-order valence-electron chi connectivity index (χ1n) is 5.20. The molecule has 0 bridgehead atoms. The maximum Gasteiger partial charge on any atom is 0.416 e. The van der Waals surface area contributed by atoms with E-state index in [9.17, 15) is 13.2 Å². The van der Waals surface area contributed by atoms with Gasteiger partial charge in [0.15, 0.2) is 0 Å². The molecule has 0 atom stereocenters. The lowest BCUT2D eigenvalue weighted by Crippen LogP contribution is -2.04. The average molecular weight is 333 g/mol. The molecule has 0 heterocycles. The standard InChI is InChI=1S/C13H8BrF3O2/c14-11-7-8(13(15,16)17)1-6-12(11)19-10-4-2-9(18)3-5-10/h1-7,18H. The van der Waals surface area contributed by atoms with Crippen molar-refractivity contribution in [2.45, 2.75) is 6.18 Å². The molecule has 1 N–H and O–H groups in total. The summed E-state index contributed by atoms with van der Waals surface area (Å²) in [5.74, 6) is 0.760. The molecular weight excluding hydrogens is 325 g/mol. The number of benzene rings is 2. The summed E-state index contributed by atoms with van der Waals surface area (Å²) in [5.41, 5.74) is -0.752. The van der Waals surface area contributed by atoms with Crippen LogP contribution in [-0.4, -0.2) is 5.11 Å². The van der Waals surface area contributed by atoms with Crippen molar-refractivity contribution in [3.8, 4) is 17.2 Å². The first-order valence-corrected chi connectivity index (χ1v) is 5.99. The summed E-state index contributed by atoms with van der Waals surface area (Å²) >= 11 is 3.04. The molecule has 19 heavy (non-hydrogen) atoms. The Morgan fingerprint density at radius 2 is 1.63 bits per heavy atom. The van der Waals surface area contributed by atoms with Crippen LogP contribution in [0.1, 0.15) is 5.56 Å². The van der Waals surface area contributed by atoms with E-state index in [0.29, 0.717) is 5.75 Å². The predicted molar refractivity (Wildman–Crippen MR) is 67.3 cm³/mol. The topological polar surface area (TPSA) is 29.5 Å². The van der Waals surface area contributed by atoms with E-state index in [2.05, 4.69) is 15.9 Å². The highest BCUT2D eigenvalue weighted by molar-refractivity contribution is 9.10. The minimum absolute atomic E-state index is 0.0823. The Morgan fingerprint density at radius 3 is 2.16 bits per heavy atom. The van der Waals surface area contributed by atoms with Crippen LogP contribution in [0, 0.1) is 0 Å². The zero-order chi connectivity index (χ0) is 14.0. The SMILES string of the molecule is Oc1ccc(Oc2ccc(C(F)(F)F)cc2Br)cc1. The first kappa shape index (κ1) is 13.7. The van der Waals surface area contributed by atoms with Crippen molar-refractivity contribution < 1.29 is 23.0 Å². The van der Waals surface area contributed by atoms with Gasteiger partial charge in [0.1, 0.15) is 17.2 Å². The van der Waals surface area contributed by atoms with E-state index in [4.69, 9.17) is 9.84 Å². The van der Waals surface area contributed by atoms with Crippen molar-refractivity contribution >= 4 is 15.9 Å². The van der Waals surface area contributed by atoms with E-state index in [1.165, 1.54) is 30.3 Å². The van der Waals surface area contributed by atoms with Gasteiger partial charge in [0, 0.05) is 0 Å². The van der Waals surface area contributed by atoms with Crippen molar-refractivity contribution in [2.75, 3.05) is 0 Å². The van der Waals surface area contributed by atoms with Crippen LogP contribution in [-0.2, 0) is 6.18 Å². The number of phenolic OH excluding ortho intramolecular Hbond substituents is 1. The number of hydrogen-bond donors (Lipinski definition) is 1. The van der Waals surface area contributed by atoms with Crippen LogP contribution in [0.25, 0.3) is 0 Å². The molecule has 0 amide bonds. The van der Waals surface area contributed by atoms with Crippen LogP contribution >= 0.6 is 15.9 Å². The molecular formula is C13H8BrF3O2. The van der Waals surface area contributed by atoms with Crippen LogP contribution in [0.3, 0.4) is 0 Å². The lowest BCUT2D eigenvalue weighted by atomic mass is 10.2. The monoisotopic (exact) mass is 332 g/mol. The third-order valence-electron chi connectivity index (χ3n) is 2.32. The number of rotatable bonds is 2. The Balaban J connectivity index is 2.24. The lowest BCUT2D eigenvalue weighted by molar-refractivity contribution is -0.137. The molecule has 2 nitrogen and oxygen atoms in total. The fraction of sp³-hybridized carbons (Fsp3) is 0.0769. The normalized spacial score (nSPS) is 11.4. The largest absolute Gasteiger partial charge is 0.508 e. The smallest absolute Gasteiger partial charge is 0.416 e. The van der Waals surface area contributed by atoms with E-state index < -0.39 is 11.7 Å². The van der Waals surface area contributed by atoms with Crippen LogP contribution < -0.4 is 4.74 Å². The lowest BCUT2D eigenvalue weighted by Gasteiger charge is -2.11. The molecule has 2 aromatic carbocycles. The zero-order valence-electron chi connectivity index (χ0n) is 9.41. The molecule has 0 aliphatic rings. The third-order valence-corrected chi connectivity index (χ3v) is 2.94. The number of hydrogen-bond acceptors (Lipinski definition) is 2. The molecule has 0 aliphatic heterocycles. The van der Waals surface area contributed by atoms with E-state index >= 15 is 0 Å². The highest BCUT2D eigenvalue weighted by atomic mass is 79.9. The first-order chi connectivity index (χ1) is 8.86. The predicted octanol–water partition coefficient (Wildman–Crippen LogP) is 4.97. The third kappa shape index (κ3) is 3.41. The van der Waals surface area contributed by atoms with E-state index in [1.54, 1.807) is 0 Å². The van der Waals surface area contributed by atoms with Crippen molar-refractivity contribution in [1.82, 2.24) is 0 Å². The van der Waals surface area contributed by atoms with Gasteiger partial charge >= 0.3 is 6.18 Å². The molecule has 0 aromatic heterocycles. The van der Waals surface area contributed by atoms with Crippen LogP contribution in [0.2, 0.25) is 0 Å². The van der Waals surface area contributed by atoms with Crippen LogP contribution in [0.15, 0.2) is 46.9 Å². The van der Waals surface area contributed by atoms with Crippen molar-refractivity contribution in [1.29, 1.82) is 0 Å². The summed E-state index contributed by atoms with van der Waals surface area (Å²) in [6.07, 6.45) is -4.39. The average Bonchev–Trinajstić information content (AvgIpc) is 2.33. The summed E-state index contributed by atoms with van der Waals surface area (Å²) in [6, 6.07) is 9.01. The van der Waals surface area contributed by atoms with Crippen molar-refractivity contribution in [2.24, 2.45) is 0 Å². The molecule has 0 saturated carbocycles. The second-order valence-electron chi connectivity index (χ2n) is 3.74. The number of phenols is 1. The summed E-state index contributed by atoms with van der Waals surface area (Å²) in [5, 5.41) is 9.11. The molecule has 100 valence electrons. The number of aromatic hydroxyl groups is 1. The quantitative estimate of drug-likeness (QED) is 0.841. The maximum atomic E-state index is 12.5. The van der Waals surface area contributed by atoms with Gasteiger partial charge in [0.25, 0.3) is 0 Å². The highest BCUT2D eigenvalue weighted by Gasteiger charge is 2.30. The Morgan fingerprint density at radius 1 is 1.00 bits per heavy atom. The van der Waals surface area contributed by atoms with Gasteiger partial charge in [-0.1, -0.05) is 0 Å². The summed E-state index contributed by atoms with van der Waals surface area (Å²) in [6.45, 7) is 0. The Kier molecular flexibility index (Phi) is 3.71. The number of ether oxygens (including phenoxy) is 1. The molecule has 0 fully saturated rings. The number of alkyl halides is 3. The molecule has 2 rings (SSSR count). The molecule has 0 saturated heterocycles. The fourth-order valence-corrected chi connectivity index (χ4v) is 1.86. The van der Waals surface area contributed by atoms with E-state index in [1.807, 2.05) is 0 Å². The zero-order valence-corrected chi connectivity index (χ0v) is 11.0. The van der Waals surface area contributed by atoms with Gasteiger partial charge in [-0.05, 0) is 58.4 Å². The minimum Gasteiger partial charge on any atom is -0.508 e.